The molecular weight excluding hydrogens is 244 g/mol. The van der Waals surface area contributed by atoms with Crippen LogP contribution in [0.1, 0.15) is 27.2 Å². The highest BCUT2D eigenvalue weighted by atomic mass is 35.5. The number of carbonyl (C=O) groups excluding carboxylic acids is 1. The molecule has 1 heterocycles. The van der Waals surface area contributed by atoms with Crippen LogP contribution in [0.15, 0.2) is 0 Å². The predicted molar refractivity (Wildman–Crippen MR) is 68.5 cm³/mol. The molecule has 1 fully saturated rings. The lowest BCUT2D eigenvalue weighted by molar-refractivity contribution is 0.0115. The van der Waals surface area contributed by atoms with E-state index in [0.717, 1.165) is 13.0 Å². The summed E-state index contributed by atoms with van der Waals surface area (Å²) in [6, 6.07) is -0.183. The zero-order valence-corrected chi connectivity index (χ0v) is 11.5. The van der Waals surface area contributed by atoms with Crippen LogP contribution in [0.25, 0.3) is 0 Å². The molecule has 1 atom stereocenters. The number of rotatable bonds is 1. The van der Waals surface area contributed by atoms with Crippen molar-refractivity contribution in [1.82, 2.24) is 10.2 Å². The van der Waals surface area contributed by atoms with Gasteiger partial charge in [-0.3, -0.25) is 0 Å². The molecule has 1 saturated heterocycles. The molecule has 1 aliphatic heterocycles. The van der Waals surface area contributed by atoms with Crippen molar-refractivity contribution in [2.24, 2.45) is 0 Å². The van der Waals surface area contributed by atoms with Crippen LogP contribution in [0.4, 0.5) is 4.79 Å². The Morgan fingerprint density at radius 2 is 2.18 bits per heavy atom. The smallest absolute Gasteiger partial charge is 0.410 e. The fraction of sp³-hybridized carbons (Fsp3) is 0.909. The lowest BCUT2D eigenvalue weighted by Crippen LogP contribution is -2.47. The Morgan fingerprint density at radius 3 is 2.71 bits per heavy atom. The van der Waals surface area contributed by atoms with Gasteiger partial charge in [0.25, 0.3) is 0 Å². The summed E-state index contributed by atoms with van der Waals surface area (Å²) < 4.78 is 5.31. The van der Waals surface area contributed by atoms with Gasteiger partial charge in [0.05, 0.1) is 12.6 Å². The molecule has 1 rings (SSSR count). The van der Waals surface area contributed by atoms with Gasteiger partial charge in [0.2, 0.25) is 0 Å². The molecule has 0 aromatic carbocycles. The van der Waals surface area contributed by atoms with Crippen molar-refractivity contribution < 1.29 is 14.6 Å². The van der Waals surface area contributed by atoms with Crippen LogP contribution >= 0.6 is 12.4 Å². The molecule has 0 aromatic rings. The van der Waals surface area contributed by atoms with Gasteiger partial charge >= 0.3 is 6.09 Å². The molecule has 1 amide bonds. The third-order valence-corrected chi connectivity index (χ3v) is 2.41. The van der Waals surface area contributed by atoms with Gasteiger partial charge in [0.15, 0.2) is 0 Å². The number of ether oxygens (including phenoxy) is 1. The van der Waals surface area contributed by atoms with Gasteiger partial charge < -0.3 is 20.1 Å². The normalized spacial score (nSPS) is 21.4. The number of aliphatic hydroxyl groups excluding tert-OH is 1. The van der Waals surface area contributed by atoms with Crippen molar-refractivity contribution in [2.75, 3.05) is 26.2 Å². The Labute approximate surface area is 109 Å². The first kappa shape index (κ1) is 16.5. The van der Waals surface area contributed by atoms with Crippen LogP contribution < -0.4 is 5.32 Å². The molecule has 0 bridgehead atoms. The van der Waals surface area contributed by atoms with E-state index in [-0.39, 0.29) is 31.1 Å². The minimum atomic E-state index is -0.489. The van der Waals surface area contributed by atoms with Crippen molar-refractivity contribution in [2.45, 2.75) is 38.8 Å². The number of halogens is 1. The lowest BCUT2D eigenvalue weighted by atomic mass is 10.2. The average Bonchev–Trinajstić information content (AvgIpc) is 2.39. The number of hydrogen-bond acceptors (Lipinski definition) is 4. The number of carbonyl (C=O) groups is 1. The highest BCUT2D eigenvalue weighted by molar-refractivity contribution is 5.85. The quantitative estimate of drug-likeness (QED) is 0.743. The van der Waals surface area contributed by atoms with Crippen LogP contribution in [0.5, 0.6) is 0 Å². The maximum atomic E-state index is 11.9. The van der Waals surface area contributed by atoms with Crippen LogP contribution in [-0.4, -0.2) is 54.0 Å². The Hall–Kier alpha value is -0.520. The van der Waals surface area contributed by atoms with Crippen molar-refractivity contribution in [1.29, 1.82) is 0 Å². The molecular formula is C11H23ClN2O3. The topological polar surface area (TPSA) is 61.8 Å². The van der Waals surface area contributed by atoms with Crippen LogP contribution in [0, 0.1) is 0 Å². The molecule has 17 heavy (non-hydrogen) atoms. The van der Waals surface area contributed by atoms with Gasteiger partial charge in [-0.2, -0.15) is 0 Å². The van der Waals surface area contributed by atoms with Crippen molar-refractivity contribution in [3.05, 3.63) is 0 Å². The van der Waals surface area contributed by atoms with Crippen molar-refractivity contribution in [3.8, 4) is 0 Å². The second kappa shape index (κ2) is 7.03. The van der Waals surface area contributed by atoms with E-state index in [2.05, 4.69) is 5.32 Å². The highest BCUT2D eigenvalue weighted by Gasteiger charge is 2.28. The Kier molecular flexibility index (Phi) is 6.82. The Morgan fingerprint density at radius 1 is 1.53 bits per heavy atom. The first-order chi connectivity index (χ1) is 7.44. The summed E-state index contributed by atoms with van der Waals surface area (Å²) in [6.45, 7) is 7.61. The highest BCUT2D eigenvalue weighted by Crippen LogP contribution is 2.13. The standard InChI is InChI=1S/C11H22N2O3.ClH/c1-11(2,3)16-10(15)13-6-4-5-12-7-9(13)8-14;/h9,12,14H,4-8H2,1-3H3;1H. The van der Waals surface area contributed by atoms with Gasteiger partial charge in [0.1, 0.15) is 5.60 Å². The molecule has 0 radical (unpaired) electrons. The molecule has 0 saturated carbocycles. The zero-order valence-electron chi connectivity index (χ0n) is 10.7. The Balaban J connectivity index is 0.00000256. The average molecular weight is 267 g/mol. The first-order valence-corrected chi connectivity index (χ1v) is 5.75. The minimum Gasteiger partial charge on any atom is -0.444 e. The van der Waals surface area contributed by atoms with Gasteiger partial charge in [-0.15, -0.1) is 12.4 Å². The number of amides is 1. The molecule has 0 aromatic heterocycles. The van der Waals surface area contributed by atoms with E-state index in [1.165, 1.54) is 0 Å². The summed E-state index contributed by atoms with van der Waals surface area (Å²) in [4.78, 5) is 13.5. The minimum absolute atomic E-state index is 0. The molecule has 1 aliphatic rings. The van der Waals surface area contributed by atoms with E-state index in [9.17, 15) is 9.90 Å². The van der Waals surface area contributed by atoms with Gasteiger partial charge in [0, 0.05) is 13.1 Å². The van der Waals surface area contributed by atoms with Crippen LogP contribution in [0.2, 0.25) is 0 Å². The molecule has 0 aliphatic carbocycles. The predicted octanol–water partition coefficient (Wildman–Crippen LogP) is 0.999. The van der Waals surface area contributed by atoms with Crippen molar-refractivity contribution >= 4 is 18.5 Å². The SMILES string of the molecule is CC(C)(C)OC(=O)N1CCCNCC1CO.Cl. The summed E-state index contributed by atoms with van der Waals surface area (Å²) in [5.74, 6) is 0. The summed E-state index contributed by atoms with van der Waals surface area (Å²) in [5, 5.41) is 12.4. The second-order valence-corrected chi connectivity index (χ2v) is 5.07. The van der Waals surface area contributed by atoms with E-state index in [1.807, 2.05) is 20.8 Å². The van der Waals surface area contributed by atoms with E-state index < -0.39 is 5.60 Å². The van der Waals surface area contributed by atoms with E-state index in [4.69, 9.17) is 4.74 Å². The monoisotopic (exact) mass is 266 g/mol. The third-order valence-electron chi connectivity index (χ3n) is 2.41. The molecule has 102 valence electrons. The van der Waals surface area contributed by atoms with Crippen molar-refractivity contribution in [3.63, 3.8) is 0 Å². The zero-order chi connectivity index (χ0) is 12.2. The molecule has 5 nitrogen and oxygen atoms in total. The second-order valence-electron chi connectivity index (χ2n) is 5.07. The van der Waals surface area contributed by atoms with Gasteiger partial charge in [-0.1, -0.05) is 0 Å². The summed E-state index contributed by atoms with van der Waals surface area (Å²) in [7, 11) is 0. The molecule has 2 N–H and O–H groups in total. The fourth-order valence-electron chi connectivity index (χ4n) is 1.66. The number of nitrogens with one attached hydrogen (secondary N) is 1. The number of aliphatic hydroxyl groups is 1. The summed E-state index contributed by atoms with van der Waals surface area (Å²) >= 11 is 0. The summed E-state index contributed by atoms with van der Waals surface area (Å²) in [5.41, 5.74) is -0.489. The largest absolute Gasteiger partial charge is 0.444 e. The van der Waals surface area contributed by atoms with Gasteiger partial charge in [-0.25, -0.2) is 4.79 Å². The maximum absolute atomic E-state index is 11.9. The number of hydrogen-bond donors (Lipinski definition) is 2. The Bertz CT molecular complexity index is 243. The lowest BCUT2D eigenvalue weighted by Gasteiger charge is -2.31. The molecule has 1 unspecified atom stereocenters. The first-order valence-electron chi connectivity index (χ1n) is 5.75. The summed E-state index contributed by atoms with van der Waals surface area (Å²) in [6.07, 6.45) is 0.547. The van der Waals surface area contributed by atoms with Crippen LogP contribution in [-0.2, 0) is 4.74 Å². The van der Waals surface area contributed by atoms with Crippen LogP contribution in [0.3, 0.4) is 0 Å². The van der Waals surface area contributed by atoms with E-state index >= 15 is 0 Å². The third kappa shape index (κ3) is 5.57. The molecule has 6 heteroatoms. The number of nitrogens with zero attached hydrogens (tertiary/aromatic N) is 1. The van der Waals surface area contributed by atoms with E-state index in [0.29, 0.717) is 13.1 Å². The fourth-order valence-corrected chi connectivity index (χ4v) is 1.66. The van der Waals surface area contributed by atoms with E-state index in [1.54, 1.807) is 4.90 Å². The molecule has 0 spiro atoms. The van der Waals surface area contributed by atoms with Gasteiger partial charge in [-0.05, 0) is 33.7 Å². The maximum Gasteiger partial charge on any atom is 0.410 e.